The van der Waals surface area contributed by atoms with E-state index in [2.05, 4.69) is 31.3 Å². The second kappa shape index (κ2) is 8.54. The van der Waals surface area contributed by atoms with E-state index in [1.807, 2.05) is 0 Å². The second-order valence-electron chi connectivity index (χ2n) is 5.55. The monoisotopic (exact) mass is 374 g/mol. The summed E-state index contributed by atoms with van der Waals surface area (Å²) in [5, 5.41) is 12.9. The van der Waals surface area contributed by atoms with Gasteiger partial charge in [-0.25, -0.2) is 14.5 Å². The Balaban J connectivity index is 2.19. The number of azide groups is 1. The van der Waals surface area contributed by atoms with Crippen LogP contribution in [0.4, 0.5) is 9.59 Å². The van der Waals surface area contributed by atoms with Crippen LogP contribution in [-0.4, -0.2) is 55.1 Å². The fourth-order valence-electron chi connectivity index (χ4n) is 2.32. The van der Waals surface area contributed by atoms with E-state index in [9.17, 15) is 19.2 Å². The summed E-state index contributed by atoms with van der Waals surface area (Å²) in [6.45, 7) is 0. The van der Waals surface area contributed by atoms with Crippen molar-refractivity contribution < 1.29 is 19.2 Å². The maximum absolute atomic E-state index is 12.7. The van der Waals surface area contributed by atoms with Crippen molar-refractivity contribution in [3.8, 4) is 0 Å². The number of nitrogens with zero attached hydrogens (tertiary/aromatic N) is 4. The van der Waals surface area contributed by atoms with Crippen LogP contribution in [-0.2, 0) is 9.59 Å². The van der Waals surface area contributed by atoms with Gasteiger partial charge in [-0.05, 0) is 11.1 Å². The molecule has 1 aromatic rings. The van der Waals surface area contributed by atoms with Crippen molar-refractivity contribution in [3.05, 3.63) is 46.3 Å². The average molecular weight is 374 g/mol. The third-order valence-corrected chi connectivity index (χ3v) is 3.85. The van der Waals surface area contributed by atoms with Gasteiger partial charge in [0.1, 0.15) is 18.2 Å². The largest absolute Gasteiger partial charge is 0.343 e. The fourth-order valence-corrected chi connectivity index (χ4v) is 2.32. The zero-order chi connectivity index (χ0) is 20.0. The minimum Gasteiger partial charge on any atom is -0.343 e. The van der Waals surface area contributed by atoms with Gasteiger partial charge in [0.25, 0.3) is 0 Å². The number of rotatable bonds is 5. The highest BCUT2D eigenvalue weighted by molar-refractivity contribution is 5.98. The first-order chi connectivity index (χ1) is 12.9. The number of hydrogen-bond acceptors (Lipinski definition) is 5. The topological polar surface area (TPSA) is 168 Å². The van der Waals surface area contributed by atoms with Crippen molar-refractivity contribution in [1.29, 1.82) is 0 Å². The molecule has 12 heteroatoms. The number of carbonyl (C=O) groups is 4. The maximum atomic E-state index is 12.7. The molecule has 0 bridgehead atoms. The molecule has 12 nitrogen and oxygen atoms in total. The van der Waals surface area contributed by atoms with Crippen LogP contribution in [0.2, 0.25) is 0 Å². The number of carbonyl (C=O) groups excluding carboxylic acids is 4. The standard InChI is InChI=1S/C15H18N8O4/c1-17-14(26)23(2)15(27)19-9(8-6-4-3-5-7-8)12(24)18-10-11(21-22-16)20-13(10)25/h3-7,9-11H,1-2H3,(H,17,26)(H,18,24)(H,19,27)(H,20,25)/t9?,10-,11-/m0/s1. The molecule has 1 heterocycles. The fraction of sp³-hybridized carbons (Fsp3) is 0.333. The average Bonchev–Trinajstić information content (AvgIpc) is 2.69. The van der Waals surface area contributed by atoms with Gasteiger partial charge in [0.2, 0.25) is 11.8 Å². The number of β-lactam (4-membered cyclic amide) rings is 1. The number of urea groups is 2. The molecule has 0 aliphatic carbocycles. The molecule has 27 heavy (non-hydrogen) atoms. The SMILES string of the molecule is CNC(=O)N(C)C(=O)NC(C(=O)N[C@@H]1C(=O)N[C@H]1N=[N+]=[N-])c1ccccc1. The molecule has 1 aliphatic rings. The molecule has 1 aliphatic heterocycles. The van der Waals surface area contributed by atoms with Crippen molar-refractivity contribution in [3.63, 3.8) is 0 Å². The summed E-state index contributed by atoms with van der Waals surface area (Å²) in [6, 6.07) is 4.58. The first-order valence-electron chi connectivity index (χ1n) is 7.85. The van der Waals surface area contributed by atoms with E-state index in [0.717, 1.165) is 4.90 Å². The van der Waals surface area contributed by atoms with E-state index in [1.54, 1.807) is 30.3 Å². The Labute approximate surface area is 153 Å². The molecule has 0 radical (unpaired) electrons. The lowest BCUT2D eigenvalue weighted by atomic mass is 10.0. The van der Waals surface area contributed by atoms with Gasteiger partial charge in [-0.2, -0.15) is 0 Å². The minimum absolute atomic E-state index is 0.439. The Morgan fingerprint density at radius 3 is 2.48 bits per heavy atom. The van der Waals surface area contributed by atoms with Crippen LogP contribution in [0.1, 0.15) is 11.6 Å². The third-order valence-electron chi connectivity index (χ3n) is 3.85. The van der Waals surface area contributed by atoms with E-state index in [0.29, 0.717) is 5.56 Å². The van der Waals surface area contributed by atoms with Gasteiger partial charge in [-0.3, -0.25) is 9.59 Å². The normalized spacial score (nSPS) is 18.7. The number of amides is 6. The number of hydrogen-bond donors (Lipinski definition) is 4. The smallest absolute Gasteiger partial charge is 0.326 e. The highest BCUT2D eigenvalue weighted by Gasteiger charge is 2.41. The zero-order valence-corrected chi connectivity index (χ0v) is 14.5. The van der Waals surface area contributed by atoms with Crippen LogP contribution in [0.25, 0.3) is 10.4 Å². The van der Waals surface area contributed by atoms with Crippen LogP contribution < -0.4 is 21.3 Å². The lowest BCUT2D eigenvalue weighted by Crippen LogP contribution is -2.69. The highest BCUT2D eigenvalue weighted by atomic mass is 16.2. The molecule has 0 spiro atoms. The van der Waals surface area contributed by atoms with E-state index in [1.165, 1.54) is 14.1 Å². The van der Waals surface area contributed by atoms with Gasteiger partial charge in [0, 0.05) is 19.0 Å². The molecule has 2 rings (SSSR count). The molecular weight excluding hydrogens is 356 g/mol. The third kappa shape index (κ3) is 4.44. The summed E-state index contributed by atoms with van der Waals surface area (Å²) in [6.07, 6.45) is -0.910. The van der Waals surface area contributed by atoms with E-state index < -0.39 is 42.1 Å². The minimum atomic E-state index is -1.18. The first kappa shape index (κ1) is 19.5. The van der Waals surface area contributed by atoms with Crippen LogP contribution in [0.3, 0.4) is 0 Å². The molecule has 3 atom stereocenters. The summed E-state index contributed by atoms with van der Waals surface area (Å²) >= 11 is 0. The summed E-state index contributed by atoms with van der Waals surface area (Å²) in [4.78, 5) is 51.5. The van der Waals surface area contributed by atoms with Crippen molar-refractivity contribution in [2.45, 2.75) is 18.2 Å². The Hall–Kier alpha value is -3.79. The predicted molar refractivity (Wildman–Crippen MR) is 92.9 cm³/mol. The van der Waals surface area contributed by atoms with Crippen LogP contribution >= 0.6 is 0 Å². The molecule has 142 valence electrons. The zero-order valence-electron chi connectivity index (χ0n) is 14.5. The van der Waals surface area contributed by atoms with E-state index in [4.69, 9.17) is 5.53 Å². The maximum Gasteiger partial charge on any atom is 0.326 e. The van der Waals surface area contributed by atoms with Crippen LogP contribution in [0, 0.1) is 0 Å². The van der Waals surface area contributed by atoms with E-state index >= 15 is 0 Å². The highest BCUT2D eigenvalue weighted by Crippen LogP contribution is 2.16. The molecule has 4 N–H and O–H groups in total. The second-order valence-corrected chi connectivity index (χ2v) is 5.55. The van der Waals surface area contributed by atoms with Crippen molar-refractivity contribution in [2.24, 2.45) is 5.11 Å². The van der Waals surface area contributed by atoms with Gasteiger partial charge in [-0.1, -0.05) is 35.4 Å². The summed E-state index contributed by atoms with van der Waals surface area (Å²) in [5.74, 6) is -1.21. The molecule has 6 amide bonds. The molecule has 1 aromatic carbocycles. The van der Waals surface area contributed by atoms with Crippen molar-refractivity contribution >= 4 is 23.9 Å². The molecular formula is C15H18N8O4. The molecule has 1 unspecified atom stereocenters. The number of benzene rings is 1. The Morgan fingerprint density at radius 1 is 1.26 bits per heavy atom. The van der Waals surface area contributed by atoms with Gasteiger partial charge in [-0.15, -0.1) is 0 Å². The Morgan fingerprint density at radius 2 is 1.93 bits per heavy atom. The summed E-state index contributed by atoms with van der Waals surface area (Å²) in [7, 11) is 2.60. The summed E-state index contributed by atoms with van der Waals surface area (Å²) in [5.41, 5.74) is 8.92. The lowest BCUT2D eigenvalue weighted by Gasteiger charge is -2.34. The van der Waals surface area contributed by atoms with Crippen LogP contribution in [0.15, 0.2) is 35.4 Å². The molecule has 0 saturated carbocycles. The van der Waals surface area contributed by atoms with Crippen LogP contribution in [0.5, 0.6) is 0 Å². The first-order valence-corrected chi connectivity index (χ1v) is 7.85. The van der Waals surface area contributed by atoms with Crippen molar-refractivity contribution in [2.75, 3.05) is 14.1 Å². The van der Waals surface area contributed by atoms with Gasteiger partial charge in [0.15, 0.2) is 0 Å². The molecule has 0 aromatic heterocycles. The van der Waals surface area contributed by atoms with E-state index in [-0.39, 0.29) is 0 Å². The Bertz CT molecular complexity index is 792. The molecule has 1 saturated heterocycles. The number of imide groups is 1. The quantitative estimate of drug-likeness (QED) is 0.246. The molecule has 1 fully saturated rings. The lowest BCUT2D eigenvalue weighted by molar-refractivity contribution is -0.136. The number of nitrogens with one attached hydrogen (secondary N) is 4. The van der Waals surface area contributed by atoms with Gasteiger partial charge in [0.05, 0.1) is 0 Å². The van der Waals surface area contributed by atoms with Crippen molar-refractivity contribution in [1.82, 2.24) is 26.2 Å². The van der Waals surface area contributed by atoms with Gasteiger partial charge >= 0.3 is 12.1 Å². The predicted octanol–water partition coefficient (Wildman–Crippen LogP) is -0.0405. The van der Waals surface area contributed by atoms with Gasteiger partial charge < -0.3 is 21.3 Å². The summed E-state index contributed by atoms with van der Waals surface area (Å²) < 4.78 is 0. The Kier molecular flexibility index (Phi) is 6.18.